The summed E-state index contributed by atoms with van der Waals surface area (Å²) in [7, 11) is 5.87. The molecule has 3 rings (SSSR count). The summed E-state index contributed by atoms with van der Waals surface area (Å²) in [5.41, 5.74) is 1.43. The standard InChI is InChI=1S/C19H29N7O2/c1-13(2)23-19-20-8-14(9-21-19)18(27)26-6-7-28-16(12-24(3)4)17(26)15-10-22-25(5)11-15/h8-11,13,16-17H,6-7,12H2,1-5H3,(H,20,21,23)/t16-,17-/m0/s1. The van der Waals surface area contributed by atoms with E-state index in [4.69, 9.17) is 4.74 Å². The molecule has 28 heavy (non-hydrogen) atoms. The number of ether oxygens (including phenoxy) is 1. The van der Waals surface area contributed by atoms with E-state index in [-0.39, 0.29) is 24.1 Å². The third kappa shape index (κ3) is 4.66. The highest BCUT2D eigenvalue weighted by molar-refractivity contribution is 5.94. The monoisotopic (exact) mass is 387 g/mol. The van der Waals surface area contributed by atoms with Crippen LogP contribution in [0.1, 0.15) is 35.8 Å². The van der Waals surface area contributed by atoms with Gasteiger partial charge in [-0.3, -0.25) is 9.48 Å². The maximum Gasteiger partial charge on any atom is 0.257 e. The zero-order valence-electron chi connectivity index (χ0n) is 17.2. The average Bonchev–Trinajstić information content (AvgIpc) is 3.06. The highest BCUT2D eigenvalue weighted by Crippen LogP contribution is 2.31. The molecule has 3 heterocycles. The summed E-state index contributed by atoms with van der Waals surface area (Å²) in [6.45, 7) is 5.74. The van der Waals surface area contributed by atoms with Gasteiger partial charge in [0.2, 0.25) is 5.95 Å². The molecule has 0 aromatic carbocycles. The minimum Gasteiger partial charge on any atom is -0.373 e. The molecular weight excluding hydrogens is 358 g/mol. The van der Waals surface area contributed by atoms with Gasteiger partial charge in [0.25, 0.3) is 5.91 Å². The van der Waals surface area contributed by atoms with Gasteiger partial charge in [-0.05, 0) is 27.9 Å². The van der Waals surface area contributed by atoms with Crippen molar-refractivity contribution >= 4 is 11.9 Å². The van der Waals surface area contributed by atoms with Crippen molar-refractivity contribution in [3.8, 4) is 0 Å². The first-order valence-electron chi connectivity index (χ1n) is 9.49. The molecule has 1 fully saturated rings. The fourth-order valence-electron chi connectivity index (χ4n) is 3.40. The number of nitrogens with one attached hydrogen (secondary N) is 1. The second-order valence-electron chi connectivity index (χ2n) is 7.66. The van der Waals surface area contributed by atoms with E-state index in [1.807, 2.05) is 46.1 Å². The zero-order valence-corrected chi connectivity index (χ0v) is 17.2. The van der Waals surface area contributed by atoms with E-state index in [9.17, 15) is 4.79 Å². The molecular formula is C19H29N7O2. The third-order valence-electron chi connectivity index (χ3n) is 4.54. The summed E-state index contributed by atoms with van der Waals surface area (Å²) in [4.78, 5) is 25.8. The maximum absolute atomic E-state index is 13.3. The Morgan fingerprint density at radius 2 is 2.04 bits per heavy atom. The lowest BCUT2D eigenvalue weighted by Gasteiger charge is -2.41. The molecule has 1 N–H and O–H groups in total. The molecule has 0 aliphatic carbocycles. The number of likely N-dealkylation sites (N-methyl/N-ethyl adjacent to an activating group) is 1. The van der Waals surface area contributed by atoms with E-state index < -0.39 is 0 Å². The fraction of sp³-hybridized carbons (Fsp3) is 0.579. The van der Waals surface area contributed by atoms with Gasteiger partial charge in [-0.25, -0.2) is 9.97 Å². The Kier molecular flexibility index (Phi) is 6.25. The van der Waals surface area contributed by atoms with Gasteiger partial charge >= 0.3 is 0 Å². The molecule has 2 aromatic heterocycles. The minimum atomic E-state index is -0.217. The summed E-state index contributed by atoms with van der Waals surface area (Å²) in [5.74, 6) is 0.417. The first-order valence-corrected chi connectivity index (χ1v) is 9.49. The van der Waals surface area contributed by atoms with E-state index in [0.29, 0.717) is 31.2 Å². The highest BCUT2D eigenvalue weighted by Gasteiger charge is 2.38. The number of aromatic nitrogens is 4. The number of hydrogen-bond donors (Lipinski definition) is 1. The predicted octanol–water partition coefficient (Wildman–Crippen LogP) is 1.17. The van der Waals surface area contributed by atoms with Crippen LogP contribution in [-0.4, -0.2) is 81.4 Å². The number of amides is 1. The van der Waals surface area contributed by atoms with Gasteiger partial charge in [0.05, 0.1) is 30.5 Å². The molecule has 152 valence electrons. The lowest BCUT2D eigenvalue weighted by atomic mass is 9.99. The number of anilines is 1. The largest absolute Gasteiger partial charge is 0.373 e. The zero-order chi connectivity index (χ0) is 20.3. The Morgan fingerprint density at radius 1 is 1.32 bits per heavy atom. The molecule has 1 aliphatic heterocycles. The third-order valence-corrected chi connectivity index (χ3v) is 4.54. The van der Waals surface area contributed by atoms with Crippen LogP contribution in [-0.2, 0) is 11.8 Å². The molecule has 9 nitrogen and oxygen atoms in total. The number of nitrogens with zero attached hydrogens (tertiary/aromatic N) is 6. The Hall–Kier alpha value is -2.52. The summed E-state index contributed by atoms with van der Waals surface area (Å²) >= 11 is 0. The van der Waals surface area contributed by atoms with Gasteiger partial charge in [-0.2, -0.15) is 5.10 Å². The number of hydrogen-bond acceptors (Lipinski definition) is 7. The second kappa shape index (κ2) is 8.66. The first-order chi connectivity index (χ1) is 13.3. The molecule has 0 bridgehead atoms. The average molecular weight is 387 g/mol. The smallest absolute Gasteiger partial charge is 0.257 e. The van der Waals surface area contributed by atoms with Crippen molar-refractivity contribution in [2.45, 2.75) is 32.0 Å². The van der Waals surface area contributed by atoms with Gasteiger partial charge in [-0.15, -0.1) is 0 Å². The Morgan fingerprint density at radius 3 is 2.61 bits per heavy atom. The van der Waals surface area contributed by atoms with E-state index >= 15 is 0 Å². The Bertz CT molecular complexity index is 788. The van der Waals surface area contributed by atoms with E-state index in [0.717, 1.165) is 5.56 Å². The molecule has 2 atom stereocenters. The van der Waals surface area contributed by atoms with Crippen molar-refractivity contribution in [3.63, 3.8) is 0 Å². The molecule has 0 unspecified atom stereocenters. The van der Waals surface area contributed by atoms with Crippen LogP contribution >= 0.6 is 0 Å². The number of carbonyl (C=O) groups excluding carboxylic acids is 1. The van der Waals surface area contributed by atoms with E-state index in [2.05, 4.69) is 25.3 Å². The number of aryl methyl sites for hydroxylation is 1. The number of morpholine rings is 1. The first kappa shape index (κ1) is 20.2. The van der Waals surface area contributed by atoms with Crippen LogP contribution in [0, 0.1) is 0 Å². The highest BCUT2D eigenvalue weighted by atomic mass is 16.5. The van der Waals surface area contributed by atoms with Crippen LogP contribution in [0.15, 0.2) is 24.8 Å². The van der Waals surface area contributed by atoms with Gasteiger partial charge in [0, 0.05) is 50.3 Å². The Labute approximate surface area is 165 Å². The van der Waals surface area contributed by atoms with Crippen molar-refractivity contribution in [2.24, 2.45) is 7.05 Å². The molecule has 1 amide bonds. The van der Waals surface area contributed by atoms with Gasteiger partial charge in [0.1, 0.15) is 0 Å². The van der Waals surface area contributed by atoms with Gasteiger partial charge in [-0.1, -0.05) is 0 Å². The molecule has 1 aliphatic rings. The lowest BCUT2D eigenvalue weighted by molar-refractivity contribution is -0.0685. The summed E-state index contributed by atoms with van der Waals surface area (Å²) in [6, 6.07) is 0.00774. The number of rotatable bonds is 6. The van der Waals surface area contributed by atoms with Crippen molar-refractivity contribution < 1.29 is 9.53 Å². The lowest BCUT2D eigenvalue weighted by Crippen LogP contribution is -2.51. The van der Waals surface area contributed by atoms with Gasteiger partial charge < -0.3 is 19.9 Å². The molecule has 0 spiro atoms. The van der Waals surface area contributed by atoms with Crippen molar-refractivity contribution in [2.75, 3.05) is 39.1 Å². The fourth-order valence-corrected chi connectivity index (χ4v) is 3.40. The van der Waals surface area contributed by atoms with E-state index in [1.54, 1.807) is 23.3 Å². The quantitative estimate of drug-likeness (QED) is 0.796. The topological polar surface area (TPSA) is 88.4 Å². The van der Waals surface area contributed by atoms with Crippen molar-refractivity contribution in [1.29, 1.82) is 0 Å². The van der Waals surface area contributed by atoms with Crippen LogP contribution in [0.25, 0.3) is 0 Å². The summed E-state index contributed by atoms with van der Waals surface area (Å²) in [6.07, 6.45) is 6.76. The predicted molar refractivity (Wildman–Crippen MR) is 106 cm³/mol. The van der Waals surface area contributed by atoms with Crippen molar-refractivity contribution in [1.82, 2.24) is 29.5 Å². The SMILES string of the molecule is CC(C)Nc1ncc(C(=O)N2CCO[C@@H](CN(C)C)[C@@H]2c2cnn(C)c2)cn1. The molecule has 1 saturated heterocycles. The van der Waals surface area contributed by atoms with Crippen LogP contribution < -0.4 is 5.32 Å². The van der Waals surface area contributed by atoms with Crippen LogP contribution in [0.5, 0.6) is 0 Å². The molecule has 0 radical (unpaired) electrons. The number of carbonyl (C=O) groups is 1. The summed E-state index contributed by atoms with van der Waals surface area (Å²) < 4.78 is 7.78. The van der Waals surface area contributed by atoms with Crippen LogP contribution in [0.3, 0.4) is 0 Å². The molecule has 0 saturated carbocycles. The molecule has 2 aromatic rings. The molecule has 9 heteroatoms. The summed E-state index contributed by atoms with van der Waals surface area (Å²) in [5, 5.41) is 7.42. The Balaban J connectivity index is 1.87. The van der Waals surface area contributed by atoms with Crippen LogP contribution in [0.4, 0.5) is 5.95 Å². The second-order valence-corrected chi connectivity index (χ2v) is 7.66. The van der Waals surface area contributed by atoms with Crippen molar-refractivity contribution in [3.05, 3.63) is 35.9 Å². The normalized spacial score (nSPS) is 20.0. The minimum absolute atomic E-state index is 0.1000. The van der Waals surface area contributed by atoms with Gasteiger partial charge in [0.15, 0.2) is 0 Å². The van der Waals surface area contributed by atoms with Crippen LogP contribution in [0.2, 0.25) is 0 Å². The maximum atomic E-state index is 13.3. The van der Waals surface area contributed by atoms with E-state index in [1.165, 1.54) is 0 Å².